The Hall–Kier alpha value is -3.21. The second-order valence-corrected chi connectivity index (χ2v) is 5.89. The third-order valence-corrected chi connectivity index (χ3v) is 4.31. The number of aromatic nitrogens is 2. The van der Waals surface area contributed by atoms with Crippen molar-refractivity contribution in [1.29, 1.82) is 0 Å². The molecule has 0 bridgehead atoms. The second kappa shape index (κ2) is 6.02. The molecule has 4 nitrogen and oxygen atoms in total. The number of carbonyl (C=O) groups is 1. The number of methoxy groups -OCH3 is 1. The van der Waals surface area contributed by atoms with Crippen LogP contribution in [0.3, 0.4) is 0 Å². The van der Waals surface area contributed by atoms with Crippen molar-refractivity contribution >= 4 is 11.9 Å². The fourth-order valence-electron chi connectivity index (χ4n) is 3.04. The zero-order chi connectivity index (χ0) is 17.4. The number of nitrogens with one attached hydrogen (secondary N) is 1. The molecule has 0 unspecified atom stereocenters. The highest BCUT2D eigenvalue weighted by Gasteiger charge is 2.24. The monoisotopic (exact) mass is 334 g/mol. The van der Waals surface area contributed by atoms with Crippen molar-refractivity contribution in [3.8, 4) is 17.0 Å². The smallest absolute Gasteiger partial charge is 0.189 e. The van der Waals surface area contributed by atoms with Gasteiger partial charge in [-0.25, -0.2) is 4.39 Å². The summed E-state index contributed by atoms with van der Waals surface area (Å²) in [4.78, 5) is 12.4. The fraction of sp³-hybridized carbons (Fsp3) is 0.100. The molecule has 1 aliphatic rings. The average Bonchev–Trinajstić information content (AvgIpc) is 3.21. The van der Waals surface area contributed by atoms with Crippen LogP contribution >= 0.6 is 0 Å². The molecule has 1 aromatic heterocycles. The minimum Gasteiger partial charge on any atom is -0.497 e. The van der Waals surface area contributed by atoms with Crippen molar-refractivity contribution in [2.24, 2.45) is 0 Å². The summed E-state index contributed by atoms with van der Waals surface area (Å²) in [5, 5.41) is 7.02. The molecule has 0 amide bonds. The maximum Gasteiger partial charge on any atom is 0.189 e. The number of benzene rings is 2. The highest BCUT2D eigenvalue weighted by atomic mass is 19.1. The molecule has 0 radical (unpaired) electrons. The van der Waals surface area contributed by atoms with Crippen LogP contribution < -0.4 is 4.74 Å². The minimum atomic E-state index is -0.408. The van der Waals surface area contributed by atoms with Gasteiger partial charge in [0.1, 0.15) is 11.6 Å². The number of aromatic amines is 1. The Labute approximate surface area is 144 Å². The highest BCUT2D eigenvalue weighted by molar-refractivity contribution is 6.15. The molecule has 0 spiro atoms. The van der Waals surface area contributed by atoms with E-state index in [0.29, 0.717) is 34.7 Å². The molecule has 0 fully saturated rings. The lowest BCUT2D eigenvalue weighted by Gasteiger charge is -2.02. The lowest BCUT2D eigenvalue weighted by Crippen LogP contribution is -1.94. The summed E-state index contributed by atoms with van der Waals surface area (Å²) in [5.41, 5.74) is 4.00. The summed E-state index contributed by atoms with van der Waals surface area (Å²) in [6.45, 7) is 0. The van der Waals surface area contributed by atoms with Crippen LogP contribution in [0.25, 0.3) is 17.3 Å². The van der Waals surface area contributed by atoms with Crippen molar-refractivity contribution < 1.29 is 13.9 Å². The van der Waals surface area contributed by atoms with Gasteiger partial charge in [0.2, 0.25) is 0 Å². The van der Waals surface area contributed by atoms with E-state index in [0.717, 1.165) is 11.1 Å². The molecule has 1 heterocycles. The Morgan fingerprint density at radius 2 is 2.00 bits per heavy atom. The maximum absolute atomic E-state index is 14.2. The lowest BCUT2D eigenvalue weighted by atomic mass is 10.1. The first-order valence-corrected chi connectivity index (χ1v) is 7.88. The summed E-state index contributed by atoms with van der Waals surface area (Å²) < 4.78 is 19.2. The molecular formula is C20H15FN2O2. The van der Waals surface area contributed by atoms with Gasteiger partial charge in [0, 0.05) is 29.2 Å². The van der Waals surface area contributed by atoms with Crippen molar-refractivity contribution in [2.45, 2.75) is 6.42 Å². The summed E-state index contributed by atoms with van der Waals surface area (Å²) >= 11 is 0. The zero-order valence-electron chi connectivity index (χ0n) is 13.5. The number of hydrogen-bond donors (Lipinski definition) is 1. The van der Waals surface area contributed by atoms with E-state index in [1.807, 2.05) is 24.3 Å². The van der Waals surface area contributed by atoms with Gasteiger partial charge in [-0.05, 0) is 29.8 Å². The van der Waals surface area contributed by atoms with Gasteiger partial charge in [-0.3, -0.25) is 9.89 Å². The molecule has 0 saturated heterocycles. The standard InChI is InChI=1S/C20H15FN2O2/c1-25-15-6-7-17(18(21)11-15)19-10-14(22-23-19)9-13-8-12-4-2-3-5-16(12)20(13)24/h2-7,9-11H,8H2,1H3,(H,22,23)/b13-9+. The SMILES string of the molecule is COc1ccc(-c2cc(/C=C3\Cc4ccccc4C3=O)[nH]n2)c(F)c1. The number of rotatable bonds is 3. The van der Waals surface area contributed by atoms with E-state index in [2.05, 4.69) is 10.2 Å². The third kappa shape index (κ3) is 2.74. The minimum absolute atomic E-state index is 0.0300. The van der Waals surface area contributed by atoms with E-state index in [4.69, 9.17) is 4.74 Å². The quantitative estimate of drug-likeness (QED) is 0.735. The van der Waals surface area contributed by atoms with Crippen LogP contribution in [0.2, 0.25) is 0 Å². The van der Waals surface area contributed by atoms with Gasteiger partial charge in [0.05, 0.1) is 18.5 Å². The van der Waals surface area contributed by atoms with Crippen molar-refractivity contribution in [3.05, 3.63) is 76.7 Å². The van der Waals surface area contributed by atoms with E-state index in [1.165, 1.54) is 13.2 Å². The molecule has 2 aromatic carbocycles. The number of ketones is 1. The molecule has 1 aliphatic carbocycles. The summed E-state index contributed by atoms with van der Waals surface area (Å²) in [5.74, 6) is 0.0743. The number of hydrogen-bond acceptors (Lipinski definition) is 3. The largest absolute Gasteiger partial charge is 0.497 e. The predicted octanol–water partition coefficient (Wildman–Crippen LogP) is 4.05. The van der Waals surface area contributed by atoms with E-state index in [-0.39, 0.29) is 5.78 Å². The highest BCUT2D eigenvalue weighted by Crippen LogP contribution is 2.29. The fourth-order valence-corrected chi connectivity index (χ4v) is 3.04. The molecule has 0 aliphatic heterocycles. The summed E-state index contributed by atoms with van der Waals surface area (Å²) in [6, 6.07) is 13.9. The van der Waals surface area contributed by atoms with Gasteiger partial charge in [0.25, 0.3) is 0 Å². The normalized spacial score (nSPS) is 14.8. The number of H-pyrrole nitrogens is 1. The first-order chi connectivity index (χ1) is 12.2. The Kier molecular flexibility index (Phi) is 3.69. The molecule has 0 atom stereocenters. The molecule has 1 N–H and O–H groups in total. The van der Waals surface area contributed by atoms with Crippen molar-refractivity contribution in [3.63, 3.8) is 0 Å². The third-order valence-electron chi connectivity index (χ3n) is 4.31. The number of allylic oxidation sites excluding steroid dienone is 1. The first kappa shape index (κ1) is 15.3. The number of ether oxygens (including phenoxy) is 1. The van der Waals surface area contributed by atoms with Crippen LogP contribution in [0.4, 0.5) is 4.39 Å². The van der Waals surface area contributed by atoms with E-state index >= 15 is 0 Å². The number of Topliss-reactive ketones (excluding diaryl/α,β-unsaturated/α-hetero) is 1. The lowest BCUT2D eigenvalue weighted by molar-refractivity contribution is 0.104. The van der Waals surface area contributed by atoms with Gasteiger partial charge in [-0.2, -0.15) is 5.10 Å². The average molecular weight is 334 g/mol. The number of fused-ring (bicyclic) bond motifs is 1. The summed E-state index contributed by atoms with van der Waals surface area (Å²) in [6.07, 6.45) is 2.38. The van der Waals surface area contributed by atoms with E-state index in [9.17, 15) is 9.18 Å². The Bertz CT molecular complexity index is 1000. The Balaban J connectivity index is 1.64. The van der Waals surface area contributed by atoms with Gasteiger partial charge >= 0.3 is 0 Å². The molecule has 5 heteroatoms. The van der Waals surface area contributed by atoms with Crippen LogP contribution in [-0.2, 0) is 6.42 Å². The Morgan fingerprint density at radius 3 is 2.76 bits per heavy atom. The van der Waals surface area contributed by atoms with Gasteiger partial charge in [-0.1, -0.05) is 24.3 Å². The summed E-state index contributed by atoms with van der Waals surface area (Å²) in [7, 11) is 1.49. The van der Waals surface area contributed by atoms with Crippen LogP contribution in [0.5, 0.6) is 5.75 Å². The maximum atomic E-state index is 14.2. The van der Waals surface area contributed by atoms with E-state index < -0.39 is 5.82 Å². The Morgan fingerprint density at radius 1 is 1.16 bits per heavy atom. The molecule has 0 saturated carbocycles. The predicted molar refractivity (Wildman–Crippen MR) is 93.0 cm³/mol. The zero-order valence-corrected chi connectivity index (χ0v) is 13.5. The molecular weight excluding hydrogens is 319 g/mol. The molecule has 3 aromatic rings. The van der Waals surface area contributed by atoms with Gasteiger partial charge < -0.3 is 4.74 Å². The van der Waals surface area contributed by atoms with Crippen molar-refractivity contribution in [1.82, 2.24) is 10.2 Å². The topological polar surface area (TPSA) is 55.0 Å². The molecule has 25 heavy (non-hydrogen) atoms. The number of carbonyl (C=O) groups excluding carboxylic acids is 1. The molecule has 4 rings (SSSR count). The van der Waals surface area contributed by atoms with Gasteiger partial charge in [-0.15, -0.1) is 0 Å². The second-order valence-electron chi connectivity index (χ2n) is 5.89. The van der Waals surface area contributed by atoms with Gasteiger partial charge in [0.15, 0.2) is 5.78 Å². The van der Waals surface area contributed by atoms with Crippen LogP contribution in [0, 0.1) is 5.82 Å². The number of halogens is 1. The van der Waals surface area contributed by atoms with Crippen LogP contribution in [0.1, 0.15) is 21.6 Å². The van der Waals surface area contributed by atoms with E-state index in [1.54, 1.807) is 24.3 Å². The first-order valence-electron chi connectivity index (χ1n) is 7.88. The van der Waals surface area contributed by atoms with Crippen molar-refractivity contribution in [2.75, 3.05) is 7.11 Å². The van der Waals surface area contributed by atoms with Crippen LogP contribution in [0.15, 0.2) is 54.1 Å². The van der Waals surface area contributed by atoms with Crippen LogP contribution in [-0.4, -0.2) is 23.1 Å². The molecule has 124 valence electrons. The number of nitrogens with zero attached hydrogens (tertiary/aromatic N) is 1.